The maximum atomic E-state index is 9.81. The molecule has 0 saturated heterocycles. The van der Waals surface area contributed by atoms with Gasteiger partial charge < -0.3 is 9.84 Å². The molecule has 4 heteroatoms. The fourth-order valence-electron chi connectivity index (χ4n) is 0.101. The zero-order valence-electron chi connectivity index (χ0n) is 4.64. The van der Waals surface area contributed by atoms with Gasteiger partial charge in [-0.15, -0.1) is 0 Å². The van der Waals surface area contributed by atoms with Crippen molar-refractivity contribution in [2.45, 2.75) is 13.0 Å². The first kappa shape index (κ1) is 11.0. The molecule has 0 amide bonds. The third-order valence-corrected chi connectivity index (χ3v) is 0.701. The van der Waals surface area contributed by atoms with Crippen molar-refractivity contribution in [3.05, 3.63) is 0 Å². The molecule has 0 bridgehead atoms. The molecular formula is C4H8AgO3. The van der Waals surface area contributed by atoms with Crippen LogP contribution < -0.4 is 0 Å². The second-order valence-electron chi connectivity index (χ2n) is 1.22. The number of methoxy groups -OCH3 is 1. The number of hydrogen-bond acceptors (Lipinski definition) is 2. The molecule has 1 radical (unpaired) electrons. The minimum atomic E-state index is -0.928. The van der Waals surface area contributed by atoms with Crippen LogP contribution in [0.4, 0.5) is 0 Å². The first-order chi connectivity index (χ1) is 3.18. The van der Waals surface area contributed by atoms with Gasteiger partial charge in [0.15, 0.2) is 6.10 Å². The summed E-state index contributed by atoms with van der Waals surface area (Å²) >= 11 is 0. The van der Waals surface area contributed by atoms with Crippen LogP contribution in [-0.4, -0.2) is 24.3 Å². The van der Waals surface area contributed by atoms with Gasteiger partial charge in [-0.2, -0.15) is 0 Å². The summed E-state index contributed by atoms with van der Waals surface area (Å²) in [5.74, 6) is -0.928. The van der Waals surface area contributed by atoms with Crippen LogP contribution in [0.1, 0.15) is 6.92 Å². The van der Waals surface area contributed by atoms with E-state index in [-0.39, 0.29) is 22.4 Å². The first-order valence-electron chi connectivity index (χ1n) is 1.94. The topological polar surface area (TPSA) is 46.5 Å². The van der Waals surface area contributed by atoms with Gasteiger partial charge in [-0.05, 0) is 6.92 Å². The molecule has 0 aromatic carbocycles. The molecule has 53 valence electrons. The Labute approximate surface area is 63.5 Å². The number of carboxylic acids is 1. The molecular weight excluding hydrogens is 204 g/mol. The molecule has 0 aliphatic carbocycles. The van der Waals surface area contributed by atoms with Gasteiger partial charge in [-0.25, -0.2) is 4.79 Å². The van der Waals surface area contributed by atoms with Crippen LogP contribution in [-0.2, 0) is 31.9 Å². The van der Waals surface area contributed by atoms with E-state index in [0.717, 1.165) is 0 Å². The normalized spacial score (nSPS) is 11.8. The average Bonchev–Trinajstić information content (AvgIpc) is 1.65. The zero-order valence-corrected chi connectivity index (χ0v) is 6.12. The van der Waals surface area contributed by atoms with Crippen LogP contribution in [0.3, 0.4) is 0 Å². The Morgan fingerprint density at radius 3 is 2.12 bits per heavy atom. The van der Waals surface area contributed by atoms with Crippen LogP contribution in [0.15, 0.2) is 0 Å². The molecule has 0 aromatic rings. The SMILES string of the molecule is COC(C)C(=O)O.[Ag]. The van der Waals surface area contributed by atoms with E-state index in [1.165, 1.54) is 14.0 Å². The van der Waals surface area contributed by atoms with E-state index in [1.54, 1.807) is 0 Å². The summed E-state index contributed by atoms with van der Waals surface area (Å²) in [6.07, 6.45) is -0.681. The Morgan fingerprint density at radius 1 is 1.75 bits per heavy atom. The van der Waals surface area contributed by atoms with Crippen LogP contribution >= 0.6 is 0 Å². The smallest absolute Gasteiger partial charge is 0.332 e. The Balaban J connectivity index is 0. The van der Waals surface area contributed by atoms with E-state index in [4.69, 9.17) is 5.11 Å². The Morgan fingerprint density at radius 2 is 2.12 bits per heavy atom. The number of hydrogen-bond donors (Lipinski definition) is 1. The van der Waals surface area contributed by atoms with Crippen LogP contribution in [0.5, 0.6) is 0 Å². The quantitative estimate of drug-likeness (QED) is 0.660. The summed E-state index contributed by atoms with van der Waals surface area (Å²) in [5.41, 5.74) is 0. The molecule has 0 fully saturated rings. The van der Waals surface area contributed by atoms with E-state index in [2.05, 4.69) is 4.74 Å². The zero-order chi connectivity index (χ0) is 5.86. The minimum Gasteiger partial charge on any atom is -0.479 e. The van der Waals surface area contributed by atoms with Gasteiger partial charge in [0.1, 0.15) is 0 Å². The molecule has 0 aliphatic heterocycles. The summed E-state index contributed by atoms with van der Waals surface area (Å²) in [6, 6.07) is 0. The first-order valence-corrected chi connectivity index (χ1v) is 1.94. The number of rotatable bonds is 2. The average molecular weight is 212 g/mol. The maximum Gasteiger partial charge on any atom is 0.332 e. The second kappa shape index (κ2) is 5.31. The van der Waals surface area contributed by atoms with E-state index in [1.807, 2.05) is 0 Å². The molecule has 0 aromatic heterocycles. The summed E-state index contributed by atoms with van der Waals surface area (Å²) < 4.78 is 4.41. The van der Waals surface area contributed by atoms with Crippen molar-refractivity contribution in [1.29, 1.82) is 0 Å². The Bertz CT molecular complexity index is 73.7. The molecule has 0 saturated carbocycles. The standard InChI is InChI=1S/C4H8O3.Ag/c1-3(7-2)4(5)6;/h3H,1-2H3,(H,5,6);. The van der Waals surface area contributed by atoms with Gasteiger partial charge in [-0.1, -0.05) is 0 Å². The van der Waals surface area contributed by atoms with Crippen molar-refractivity contribution in [3.63, 3.8) is 0 Å². The molecule has 1 atom stereocenters. The van der Waals surface area contributed by atoms with E-state index in [9.17, 15) is 4.79 Å². The molecule has 1 unspecified atom stereocenters. The van der Waals surface area contributed by atoms with Crippen molar-refractivity contribution in [2.24, 2.45) is 0 Å². The molecule has 0 spiro atoms. The van der Waals surface area contributed by atoms with Crippen molar-refractivity contribution >= 4 is 5.97 Å². The maximum absolute atomic E-state index is 9.81. The number of ether oxygens (including phenoxy) is 1. The molecule has 0 aliphatic rings. The molecule has 0 heterocycles. The Hall–Kier alpha value is 0.170. The fourth-order valence-corrected chi connectivity index (χ4v) is 0.101. The number of aliphatic carboxylic acids is 1. The van der Waals surface area contributed by atoms with Crippen molar-refractivity contribution < 1.29 is 37.0 Å². The van der Waals surface area contributed by atoms with Gasteiger partial charge in [0.2, 0.25) is 0 Å². The van der Waals surface area contributed by atoms with E-state index >= 15 is 0 Å². The van der Waals surface area contributed by atoms with Crippen LogP contribution in [0.25, 0.3) is 0 Å². The minimum absolute atomic E-state index is 0. The summed E-state index contributed by atoms with van der Waals surface area (Å²) in [5, 5.41) is 8.06. The van der Waals surface area contributed by atoms with Gasteiger partial charge in [-0.3, -0.25) is 0 Å². The van der Waals surface area contributed by atoms with E-state index in [0.29, 0.717) is 0 Å². The van der Waals surface area contributed by atoms with Crippen molar-refractivity contribution in [3.8, 4) is 0 Å². The van der Waals surface area contributed by atoms with Gasteiger partial charge >= 0.3 is 5.97 Å². The van der Waals surface area contributed by atoms with Gasteiger partial charge in [0, 0.05) is 29.5 Å². The number of carbonyl (C=O) groups is 1. The van der Waals surface area contributed by atoms with Gasteiger partial charge in [0.25, 0.3) is 0 Å². The third-order valence-electron chi connectivity index (χ3n) is 0.701. The predicted octanol–water partition coefficient (Wildman–Crippen LogP) is 0.103. The molecule has 3 nitrogen and oxygen atoms in total. The summed E-state index contributed by atoms with van der Waals surface area (Å²) in [6.45, 7) is 1.47. The summed E-state index contributed by atoms with van der Waals surface area (Å²) in [7, 11) is 1.36. The Kier molecular flexibility index (Phi) is 7.32. The van der Waals surface area contributed by atoms with E-state index < -0.39 is 12.1 Å². The van der Waals surface area contributed by atoms with Crippen LogP contribution in [0, 0.1) is 0 Å². The summed E-state index contributed by atoms with van der Waals surface area (Å²) in [4.78, 5) is 9.81. The number of carboxylic acid groups (broad SMARTS) is 1. The molecule has 1 N–H and O–H groups in total. The van der Waals surface area contributed by atoms with Gasteiger partial charge in [0.05, 0.1) is 0 Å². The molecule has 8 heavy (non-hydrogen) atoms. The largest absolute Gasteiger partial charge is 0.479 e. The monoisotopic (exact) mass is 211 g/mol. The van der Waals surface area contributed by atoms with Crippen LogP contribution in [0.2, 0.25) is 0 Å². The molecule has 0 rings (SSSR count). The third kappa shape index (κ3) is 4.33. The fraction of sp³-hybridized carbons (Fsp3) is 0.750. The van der Waals surface area contributed by atoms with Crippen molar-refractivity contribution in [2.75, 3.05) is 7.11 Å². The van der Waals surface area contributed by atoms with Crippen molar-refractivity contribution in [1.82, 2.24) is 0 Å². The predicted molar refractivity (Wildman–Crippen MR) is 24.1 cm³/mol. The second-order valence-corrected chi connectivity index (χ2v) is 1.22.